The van der Waals surface area contributed by atoms with E-state index in [0.717, 1.165) is 12.8 Å². The van der Waals surface area contributed by atoms with Crippen LogP contribution in [0.4, 0.5) is 0 Å². The Kier molecular flexibility index (Phi) is 4.16. The number of hydroxylamine groups is 2. The van der Waals surface area contributed by atoms with Gasteiger partial charge in [-0.25, -0.2) is 4.79 Å². The third-order valence-corrected chi connectivity index (χ3v) is 3.98. The van der Waals surface area contributed by atoms with Crippen LogP contribution in [0.1, 0.15) is 56.5 Å². The maximum absolute atomic E-state index is 12.3. The zero-order valence-corrected chi connectivity index (χ0v) is 13.5. The number of fused-ring (bicyclic) bond motifs is 1. The summed E-state index contributed by atoms with van der Waals surface area (Å²) in [7, 11) is 0. The Labute approximate surface area is 138 Å². The number of aryl methyl sites for hydroxylation is 1. The first kappa shape index (κ1) is 15.9. The highest BCUT2D eigenvalue weighted by Crippen LogP contribution is 2.23. The predicted molar refractivity (Wildman–Crippen MR) is 84.2 cm³/mol. The number of aromatic nitrogens is 2. The van der Waals surface area contributed by atoms with E-state index in [1.54, 1.807) is 23.7 Å². The number of unbranched alkanes of at least 4 members (excludes halogenated alkanes) is 1. The summed E-state index contributed by atoms with van der Waals surface area (Å²) >= 11 is 0. The second-order valence-corrected chi connectivity index (χ2v) is 5.55. The Hall–Kier alpha value is -2.96. The molecule has 1 aromatic heterocycles. The molecule has 0 fully saturated rings. The topological polar surface area (TPSA) is 81.5 Å². The summed E-state index contributed by atoms with van der Waals surface area (Å²) in [6, 6.07) is 6.35. The lowest BCUT2D eigenvalue weighted by molar-refractivity contribution is -0.0585. The zero-order valence-electron chi connectivity index (χ0n) is 13.5. The summed E-state index contributed by atoms with van der Waals surface area (Å²) in [5, 5.41) is 4.66. The van der Waals surface area contributed by atoms with Gasteiger partial charge in [0.15, 0.2) is 0 Å². The molecule has 0 spiro atoms. The first-order valence-electron chi connectivity index (χ1n) is 7.77. The molecule has 2 heterocycles. The molecule has 2 amide bonds. The van der Waals surface area contributed by atoms with Crippen LogP contribution in [-0.4, -0.2) is 32.6 Å². The van der Waals surface area contributed by atoms with E-state index in [9.17, 15) is 14.4 Å². The largest absolute Gasteiger partial charge is 0.367 e. The summed E-state index contributed by atoms with van der Waals surface area (Å²) in [6.07, 6.45) is 3.34. The van der Waals surface area contributed by atoms with E-state index in [2.05, 4.69) is 12.0 Å². The molecule has 24 heavy (non-hydrogen) atoms. The van der Waals surface area contributed by atoms with E-state index in [4.69, 9.17) is 4.84 Å². The number of rotatable bonds is 5. The highest BCUT2D eigenvalue weighted by atomic mass is 16.7. The summed E-state index contributed by atoms with van der Waals surface area (Å²) in [6.45, 7) is 4.51. The van der Waals surface area contributed by atoms with Crippen molar-refractivity contribution >= 4 is 17.8 Å². The van der Waals surface area contributed by atoms with Gasteiger partial charge in [0.1, 0.15) is 5.56 Å². The number of hydrogen-bond acceptors (Lipinski definition) is 5. The molecule has 2 aromatic rings. The summed E-state index contributed by atoms with van der Waals surface area (Å²) in [5.41, 5.74) is 1.34. The second kappa shape index (κ2) is 6.27. The van der Waals surface area contributed by atoms with Crippen molar-refractivity contribution in [3.05, 3.63) is 52.8 Å². The Balaban J connectivity index is 1.78. The molecule has 1 aliphatic heterocycles. The fourth-order valence-electron chi connectivity index (χ4n) is 2.56. The van der Waals surface area contributed by atoms with E-state index >= 15 is 0 Å². The fourth-order valence-corrected chi connectivity index (χ4v) is 2.56. The highest BCUT2D eigenvalue weighted by Gasteiger charge is 2.39. The third kappa shape index (κ3) is 2.58. The van der Waals surface area contributed by atoms with Gasteiger partial charge in [-0.05, 0) is 25.5 Å². The maximum Gasteiger partial charge on any atom is 0.367 e. The SMILES string of the molecule is CCCCn1ncc(C(=O)ON2C(=O)c3ccccc3C2=O)c1C. The molecule has 0 unspecified atom stereocenters. The summed E-state index contributed by atoms with van der Waals surface area (Å²) in [5.74, 6) is -2.05. The highest BCUT2D eigenvalue weighted by molar-refractivity contribution is 6.21. The first-order valence-corrected chi connectivity index (χ1v) is 7.77. The van der Waals surface area contributed by atoms with Crippen molar-refractivity contribution in [1.82, 2.24) is 14.8 Å². The molecule has 0 saturated carbocycles. The molecular weight excluding hydrogens is 310 g/mol. The van der Waals surface area contributed by atoms with Crippen LogP contribution in [0.15, 0.2) is 30.5 Å². The van der Waals surface area contributed by atoms with Crippen LogP contribution in [0.5, 0.6) is 0 Å². The zero-order chi connectivity index (χ0) is 17.3. The van der Waals surface area contributed by atoms with Gasteiger partial charge in [0.2, 0.25) is 0 Å². The first-order chi connectivity index (χ1) is 11.5. The minimum Gasteiger partial charge on any atom is -0.324 e. The standard InChI is InChI=1S/C17H17N3O4/c1-3-4-9-19-11(2)14(10-18-19)17(23)24-20-15(21)12-7-5-6-8-13(12)16(20)22/h5-8,10H,3-4,9H2,1-2H3. The van der Waals surface area contributed by atoms with Crippen molar-refractivity contribution in [2.45, 2.75) is 33.2 Å². The molecule has 7 nitrogen and oxygen atoms in total. The van der Waals surface area contributed by atoms with Crippen molar-refractivity contribution in [2.75, 3.05) is 0 Å². The van der Waals surface area contributed by atoms with Gasteiger partial charge in [-0.3, -0.25) is 14.3 Å². The number of nitrogens with zero attached hydrogens (tertiary/aromatic N) is 3. The maximum atomic E-state index is 12.3. The van der Waals surface area contributed by atoms with Crippen LogP contribution in [-0.2, 0) is 11.4 Å². The number of hydrogen-bond donors (Lipinski definition) is 0. The molecule has 7 heteroatoms. The van der Waals surface area contributed by atoms with Crippen molar-refractivity contribution in [2.24, 2.45) is 0 Å². The molecule has 124 valence electrons. The number of carbonyl (C=O) groups is 3. The number of amides is 2. The monoisotopic (exact) mass is 327 g/mol. The molecule has 0 N–H and O–H groups in total. The van der Waals surface area contributed by atoms with Crippen LogP contribution in [0.25, 0.3) is 0 Å². The van der Waals surface area contributed by atoms with Crippen molar-refractivity contribution in [3.63, 3.8) is 0 Å². The van der Waals surface area contributed by atoms with Crippen LogP contribution >= 0.6 is 0 Å². The van der Waals surface area contributed by atoms with E-state index in [1.165, 1.54) is 18.3 Å². The van der Waals surface area contributed by atoms with E-state index < -0.39 is 17.8 Å². The molecule has 0 atom stereocenters. The molecule has 1 aliphatic rings. The van der Waals surface area contributed by atoms with Crippen LogP contribution in [0, 0.1) is 6.92 Å². The van der Waals surface area contributed by atoms with Crippen molar-refractivity contribution in [1.29, 1.82) is 0 Å². The minimum atomic E-state index is -0.773. The summed E-state index contributed by atoms with van der Waals surface area (Å²) in [4.78, 5) is 41.8. The van der Waals surface area contributed by atoms with Gasteiger partial charge in [0.05, 0.1) is 17.3 Å². The van der Waals surface area contributed by atoms with E-state index in [0.29, 0.717) is 17.3 Å². The lowest BCUT2D eigenvalue weighted by Crippen LogP contribution is -2.32. The van der Waals surface area contributed by atoms with Crippen LogP contribution in [0.3, 0.4) is 0 Å². The molecule has 0 aliphatic carbocycles. The van der Waals surface area contributed by atoms with E-state index in [1.807, 2.05) is 0 Å². The Morgan fingerprint density at radius 3 is 2.38 bits per heavy atom. The number of carbonyl (C=O) groups excluding carboxylic acids is 3. The third-order valence-electron chi connectivity index (χ3n) is 3.98. The van der Waals surface area contributed by atoms with Gasteiger partial charge >= 0.3 is 5.97 Å². The van der Waals surface area contributed by atoms with Gasteiger partial charge < -0.3 is 4.84 Å². The van der Waals surface area contributed by atoms with Gasteiger partial charge in [-0.1, -0.05) is 30.5 Å². The molecule has 0 radical (unpaired) electrons. The van der Waals surface area contributed by atoms with Gasteiger partial charge in [-0.2, -0.15) is 5.10 Å². The smallest absolute Gasteiger partial charge is 0.324 e. The average Bonchev–Trinajstić information content (AvgIpc) is 3.07. The number of imide groups is 1. The van der Waals surface area contributed by atoms with Gasteiger partial charge in [0, 0.05) is 12.2 Å². The van der Waals surface area contributed by atoms with Crippen molar-refractivity contribution < 1.29 is 19.2 Å². The summed E-state index contributed by atoms with van der Waals surface area (Å²) < 4.78 is 1.71. The van der Waals surface area contributed by atoms with Gasteiger partial charge in [-0.15, -0.1) is 0 Å². The molecule has 1 aromatic carbocycles. The quantitative estimate of drug-likeness (QED) is 0.787. The Morgan fingerprint density at radius 1 is 1.17 bits per heavy atom. The van der Waals surface area contributed by atoms with Gasteiger partial charge in [0.25, 0.3) is 11.8 Å². The molecule has 3 rings (SSSR count). The fraction of sp³-hybridized carbons (Fsp3) is 0.294. The molecule has 0 saturated heterocycles. The molecular formula is C17H17N3O4. The van der Waals surface area contributed by atoms with Crippen LogP contribution in [0.2, 0.25) is 0 Å². The van der Waals surface area contributed by atoms with Crippen molar-refractivity contribution in [3.8, 4) is 0 Å². The normalized spacial score (nSPS) is 13.3. The lowest BCUT2D eigenvalue weighted by atomic mass is 10.1. The lowest BCUT2D eigenvalue weighted by Gasteiger charge is -2.12. The number of benzene rings is 1. The molecule has 0 bridgehead atoms. The second-order valence-electron chi connectivity index (χ2n) is 5.55. The van der Waals surface area contributed by atoms with Crippen LogP contribution < -0.4 is 0 Å². The minimum absolute atomic E-state index is 0.227. The average molecular weight is 327 g/mol. The Bertz CT molecular complexity index is 790. The predicted octanol–water partition coefficient (Wildman–Crippen LogP) is 2.36. The van der Waals surface area contributed by atoms with E-state index in [-0.39, 0.29) is 16.7 Å². The Morgan fingerprint density at radius 2 is 1.79 bits per heavy atom.